The van der Waals surface area contributed by atoms with Crippen LogP contribution in [0.15, 0.2) is 10.7 Å². The first-order valence-corrected chi connectivity index (χ1v) is 5.81. The lowest BCUT2D eigenvalue weighted by atomic mass is 10.4. The van der Waals surface area contributed by atoms with Crippen LogP contribution in [0.5, 0.6) is 0 Å². The molecule has 0 saturated heterocycles. The van der Waals surface area contributed by atoms with Crippen molar-refractivity contribution >= 4 is 27.7 Å². The minimum absolute atomic E-state index is 0.0163. The average molecular weight is 287 g/mol. The summed E-state index contributed by atoms with van der Waals surface area (Å²) in [5.41, 5.74) is 0. The maximum Gasteiger partial charge on any atom is 0.239 e. The molecule has 1 heterocycles. The molecule has 0 aliphatic heterocycles. The van der Waals surface area contributed by atoms with Gasteiger partial charge in [0.2, 0.25) is 5.91 Å². The highest BCUT2D eigenvalue weighted by Crippen LogP contribution is 2.14. The highest BCUT2D eigenvalue weighted by molar-refractivity contribution is 9.10. The van der Waals surface area contributed by atoms with E-state index in [-0.39, 0.29) is 12.5 Å². The molecule has 88 valence electrons. The summed E-state index contributed by atoms with van der Waals surface area (Å²) in [5, 5.41) is 2.74. The molecule has 1 aromatic rings. The van der Waals surface area contributed by atoms with Crippen molar-refractivity contribution in [1.82, 2.24) is 15.3 Å². The van der Waals surface area contributed by atoms with Crippen molar-refractivity contribution in [2.24, 2.45) is 0 Å². The van der Waals surface area contributed by atoms with E-state index in [4.69, 9.17) is 0 Å². The van der Waals surface area contributed by atoms with E-state index >= 15 is 0 Å². The van der Waals surface area contributed by atoms with E-state index in [0.29, 0.717) is 12.4 Å². The van der Waals surface area contributed by atoms with Gasteiger partial charge in [0.05, 0.1) is 6.54 Å². The topological polar surface area (TPSA) is 58.1 Å². The number of nitrogens with zero attached hydrogens (tertiary/aromatic N) is 3. The van der Waals surface area contributed by atoms with E-state index < -0.39 is 0 Å². The molecule has 0 bridgehead atoms. The van der Waals surface area contributed by atoms with E-state index in [9.17, 15) is 4.79 Å². The lowest BCUT2D eigenvalue weighted by Crippen LogP contribution is -2.35. The molecule has 1 aromatic heterocycles. The van der Waals surface area contributed by atoms with Crippen molar-refractivity contribution < 1.29 is 4.79 Å². The van der Waals surface area contributed by atoms with E-state index in [2.05, 4.69) is 31.2 Å². The number of aryl methyl sites for hydroxylation is 1. The van der Waals surface area contributed by atoms with Gasteiger partial charge in [-0.15, -0.1) is 0 Å². The van der Waals surface area contributed by atoms with Crippen LogP contribution in [0.2, 0.25) is 0 Å². The number of rotatable bonds is 4. The number of carbonyl (C=O) groups is 1. The molecule has 5 nitrogen and oxygen atoms in total. The largest absolute Gasteiger partial charge is 0.355 e. The fourth-order valence-electron chi connectivity index (χ4n) is 1.26. The van der Waals surface area contributed by atoms with Gasteiger partial charge in [0.1, 0.15) is 16.2 Å². The van der Waals surface area contributed by atoms with Crippen LogP contribution in [0.4, 0.5) is 5.82 Å². The number of amides is 1. The lowest BCUT2D eigenvalue weighted by molar-refractivity contribution is -0.119. The quantitative estimate of drug-likeness (QED) is 0.843. The Morgan fingerprint density at radius 3 is 2.81 bits per heavy atom. The Balaban J connectivity index is 2.72. The number of carbonyl (C=O) groups excluding carboxylic acids is 1. The number of anilines is 1. The Kier molecular flexibility index (Phi) is 4.67. The molecule has 1 rings (SSSR count). The molecule has 0 spiro atoms. The van der Waals surface area contributed by atoms with Gasteiger partial charge in [0, 0.05) is 19.7 Å². The number of likely N-dealkylation sites (N-methyl/N-ethyl adjacent to an activating group) is 2. The molecule has 0 aromatic carbocycles. The minimum atomic E-state index is -0.0163. The number of aromatic nitrogens is 2. The van der Waals surface area contributed by atoms with Crippen molar-refractivity contribution in [3.05, 3.63) is 16.5 Å². The van der Waals surface area contributed by atoms with Gasteiger partial charge in [-0.05, 0) is 29.8 Å². The Hall–Kier alpha value is -1.17. The van der Waals surface area contributed by atoms with Gasteiger partial charge in [-0.1, -0.05) is 0 Å². The van der Waals surface area contributed by atoms with Gasteiger partial charge in [-0.2, -0.15) is 0 Å². The summed E-state index contributed by atoms with van der Waals surface area (Å²) >= 11 is 3.30. The summed E-state index contributed by atoms with van der Waals surface area (Å²) in [7, 11) is 1.82. The summed E-state index contributed by atoms with van der Waals surface area (Å²) in [6.07, 6.45) is 0. The molecule has 0 unspecified atom stereocenters. The zero-order chi connectivity index (χ0) is 12.1. The van der Waals surface area contributed by atoms with Crippen LogP contribution in [0.1, 0.15) is 12.7 Å². The van der Waals surface area contributed by atoms with Crippen LogP contribution in [-0.2, 0) is 4.79 Å². The van der Waals surface area contributed by atoms with Gasteiger partial charge in [0.25, 0.3) is 0 Å². The number of nitrogens with one attached hydrogen (secondary N) is 1. The molecule has 0 aliphatic carbocycles. The van der Waals surface area contributed by atoms with Crippen LogP contribution < -0.4 is 10.2 Å². The molecule has 0 radical (unpaired) electrons. The Morgan fingerprint density at radius 2 is 2.25 bits per heavy atom. The molecular weight excluding hydrogens is 272 g/mol. The first kappa shape index (κ1) is 12.9. The molecule has 0 saturated carbocycles. The molecule has 0 fully saturated rings. The molecule has 16 heavy (non-hydrogen) atoms. The average Bonchev–Trinajstić information content (AvgIpc) is 2.16. The monoisotopic (exact) mass is 286 g/mol. The van der Waals surface area contributed by atoms with Crippen LogP contribution in [-0.4, -0.2) is 36.0 Å². The number of hydrogen-bond acceptors (Lipinski definition) is 4. The summed E-state index contributed by atoms with van der Waals surface area (Å²) in [6.45, 7) is 4.63. The highest BCUT2D eigenvalue weighted by Gasteiger charge is 2.09. The van der Waals surface area contributed by atoms with Crippen LogP contribution in [0.25, 0.3) is 0 Å². The van der Waals surface area contributed by atoms with Gasteiger partial charge in [-0.3, -0.25) is 4.79 Å². The van der Waals surface area contributed by atoms with Crippen molar-refractivity contribution in [2.75, 3.05) is 25.0 Å². The first-order valence-electron chi connectivity index (χ1n) is 5.02. The van der Waals surface area contributed by atoms with Gasteiger partial charge >= 0.3 is 0 Å². The summed E-state index contributed by atoms with van der Waals surface area (Å²) < 4.78 is 0.720. The van der Waals surface area contributed by atoms with Crippen LogP contribution >= 0.6 is 15.9 Å². The van der Waals surface area contributed by atoms with E-state index in [0.717, 1.165) is 10.4 Å². The molecule has 1 amide bonds. The molecule has 6 heteroatoms. The zero-order valence-electron chi connectivity index (χ0n) is 9.62. The Morgan fingerprint density at radius 1 is 1.56 bits per heavy atom. The first-order chi connectivity index (χ1) is 7.52. The van der Waals surface area contributed by atoms with Gasteiger partial charge < -0.3 is 10.2 Å². The van der Waals surface area contributed by atoms with Crippen LogP contribution in [0, 0.1) is 6.92 Å². The number of halogens is 1. The van der Waals surface area contributed by atoms with E-state index in [1.165, 1.54) is 0 Å². The van der Waals surface area contributed by atoms with Gasteiger partial charge in [-0.25, -0.2) is 9.97 Å². The highest BCUT2D eigenvalue weighted by atomic mass is 79.9. The number of hydrogen-bond donors (Lipinski definition) is 1. The zero-order valence-corrected chi connectivity index (χ0v) is 11.2. The third-order valence-corrected chi connectivity index (χ3v) is 2.35. The second-order valence-electron chi connectivity index (χ2n) is 3.41. The third kappa shape index (κ3) is 3.77. The second-order valence-corrected chi connectivity index (χ2v) is 4.22. The Bertz CT molecular complexity index is 363. The SMILES string of the molecule is CCNC(=O)CN(C)c1cc(Br)nc(C)n1. The van der Waals surface area contributed by atoms with Crippen molar-refractivity contribution in [3.63, 3.8) is 0 Å². The molecular formula is C10H15BrN4O. The predicted molar refractivity (Wildman–Crippen MR) is 66.4 cm³/mol. The van der Waals surface area contributed by atoms with Gasteiger partial charge in [0.15, 0.2) is 0 Å². The molecule has 0 atom stereocenters. The normalized spacial score (nSPS) is 10.0. The maximum absolute atomic E-state index is 11.4. The van der Waals surface area contributed by atoms with Crippen LogP contribution in [0.3, 0.4) is 0 Å². The smallest absolute Gasteiger partial charge is 0.239 e. The summed E-state index contributed by atoms with van der Waals surface area (Å²) in [5.74, 6) is 1.38. The van der Waals surface area contributed by atoms with Crippen molar-refractivity contribution in [2.45, 2.75) is 13.8 Å². The van der Waals surface area contributed by atoms with Crippen molar-refractivity contribution in [1.29, 1.82) is 0 Å². The standard InChI is InChI=1S/C10H15BrN4O/c1-4-12-10(16)6-15(3)9-5-8(11)13-7(2)14-9/h5H,4,6H2,1-3H3,(H,12,16). The Labute approximate surface area is 103 Å². The minimum Gasteiger partial charge on any atom is -0.355 e. The lowest BCUT2D eigenvalue weighted by Gasteiger charge is -2.17. The fraction of sp³-hybridized carbons (Fsp3) is 0.500. The second kappa shape index (κ2) is 5.79. The molecule has 1 N–H and O–H groups in total. The summed E-state index contributed by atoms with van der Waals surface area (Å²) in [4.78, 5) is 21.5. The van der Waals surface area contributed by atoms with Crippen molar-refractivity contribution in [3.8, 4) is 0 Å². The van der Waals surface area contributed by atoms with E-state index in [1.54, 1.807) is 11.0 Å². The summed E-state index contributed by atoms with van der Waals surface area (Å²) in [6, 6.07) is 1.78. The molecule has 0 aliphatic rings. The van der Waals surface area contributed by atoms with E-state index in [1.807, 2.05) is 20.9 Å². The fourth-order valence-corrected chi connectivity index (χ4v) is 1.72. The maximum atomic E-state index is 11.4. The third-order valence-electron chi connectivity index (χ3n) is 1.94. The predicted octanol–water partition coefficient (Wildman–Crippen LogP) is 1.12.